The maximum atomic E-state index is 5.79. The minimum absolute atomic E-state index is 0.449. The van der Waals surface area contributed by atoms with Crippen molar-refractivity contribution in [2.24, 2.45) is 10.9 Å². The SMILES string of the molecule is CCC(C)C=Nc1c(C)nc(C)nc1N. The molecule has 4 nitrogen and oxygen atoms in total. The number of nitrogen functional groups attached to an aromatic ring is 1. The molecule has 15 heavy (non-hydrogen) atoms. The molecule has 0 aromatic carbocycles. The molecule has 0 aliphatic heterocycles. The summed E-state index contributed by atoms with van der Waals surface area (Å²) in [5.41, 5.74) is 7.31. The number of aliphatic imine (C=N–C) groups is 1. The van der Waals surface area contributed by atoms with E-state index >= 15 is 0 Å². The summed E-state index contributed by atoms with van der Waals surface area (Å²) in [5, 5.41) is 0. The van der Waals surface area contributed by atoms with E-state index in [0.717, 1.165) is 12.1 Å². The average molecular weight is 206 g/mol. The summed E-state index contributed by atoms with van der Waals surface area (Å²) in [6.45, 7) is 7.96. The van der Waals surface area contributed by atoms with Crippen LogP contribution < -0.4 is 5.73 Å². The smallest absolute Gasteiger partial charge is 0.153 e. The van der Waals surface area contributed by atoms with Crippen molar-refractivity contribution < 1.29 is 0 Å². The fraction of sp³-hybridized carbons (Fsp3) is 0.545. The van der Waals surface area contributed by atoms with Crippen LogP contribution in [0.3, 0.4) is 0 Å². The van der Waals surface area contributed by atoms with Crippen molar-refractivity contribution in [3.8, 4) is 0 Å². The standard InChI is InChI=1S/C11H18N4/c1-5-7(2)6-13-10-8(3)14-9(4)15-11(10)12/h6-7H,5H2,1-4H3,(H2,12,14,15). The van der Waals surface area contributed by atoms with Crippen LogP contribution in [0.4, 0.5) is 11.5 Å². The lowest BCUT2D eigenvalue weighted by Gasteiger charge is -2.05. The quantitative estimate of drug-likeness (QED) is 0.772. The number of nitrogens with two attached hydrogens (primary N) is 1. The van der Waals surface area contributed by atoms with E-state index in [1.807, 2.05) is 20.1 Å². The van der Waals surface area contributed by atoms with E-state index in [9.17, 15) is 0 Å². The second kappa shape index (κ2) is 4.87. The molecule has 4 heteroatoms. The lowest BCUT2D eigenvalue weighted by atomic mass is 10.1. The van der Waals surface area contributed by atoms with Gasteiger partial charge in [-0.3, -0.25) is 4.99 Å². The molecule has 0 saturated heterocycles. The lowest BCUT2D eigenvalue weighted by molar-refractivity contribution is 0.754. The van der Waals surface area contributed by atoms with Crippen LogP contribution >= 0.6 is 0 Å². The van der Waals surface area contributed by atoms with E-state index in [1.54, 1.807) is 0 Å². The molecule has 0 fully saturated rings. The Kier molecular flexibility index (Phi) is 3.77. The minimum atomic E-state index is 0.449. The van der Waals surface area contributed by atoms with Crippen molar-refractivity contribution in [2.45, 2.75) is 34.1 Å². The third-order valence-corrected chi connectivity index (χ3v) is 2.30. The van der Waals surface area contributed by atoms with Gasteiger partial charge < -0.3 is 5.73 Å². The Hall–Kier alpha value is -1.45. The third-order valence-electron chi connectivity index (χ3n) is 2.30. The van der Waals surface area contributed by atoms with Crippen LogP contribution in [0, 0.1) is 19.8 Å². The second-order valence-electron chi connectivity index (χ2n) is 3.75. The van der Waals surface area contributed by atoms with Gasteiger partial charge in [-0.05, 0) is 26.2 Å². The van der Waals surface area contributed by atoms with E-state index in [2.05, 4.69) is 28.8 Å². The van der Waals surface area contributed by atoms with Crippen LogP contribution in [0.25, 0.3) is 0 Å². The molecule has 82 valence electrons. The highest BCUT2D eigenvalue weighted by Gasteiger charge is 2.05. The molecule has 0 spiro atoms. The molecule has 0 radical (unpaired) electrons. The number of hydrogen-bond acceptors (Lipinski definition) is 4. The van der Waals surface area contributed by atoms with Crippen LogP contribution in [0.15, 0.2) is 4.99 Å². The minimum Gasteiger partial charge on any atom is -0.382 e. The molecule has 0 aliphatic carbocycles. The molecule has 1 aromatic rings. The van der Waals surface area contributed by atoms with Crippen molar-refractivity contribution in [1.29, 1.82) is 0 Å². The fourth-order valence-electron chi connectivity index (χ4n) is 1.20. The van der Waals surface area contributed by atoms with Gasteiger partial charge in [-0.25, -0.2) is 9.97 Å². The predicted octanol–water partition coefficient (Wildman–Crippen LogP) is 2.42. The molecular weight excluding hydrogens is 188 g/mol. The molecule has 1 aromatic heterocycles. The summed E-state index contributed by atoms with van der Waals surface area (Å²) < 4.78 is 0. The van der Waals surface area contributed by atoms with Crippen LogP contribution in [0.2, 0.25) is 0 Å². The Labute approximate surface area is 90.7 Å². The van der Waals surface area contributed by atoms with Crippen molar-refractivity contribution in [1.82, 2.24) is 9.97 Å². The molecule has 0 amide bonds. The summed E-state index contributed by atoms with van der Waals surface area (Å²) >= 11 is 0. The molecule has 0 aliphatic rings. The van der Waals surface area contributed by atoms with Gasteiger partial charge in [-0.15, -0.1) is 0 Å². The highest BCUT2D eigenvalue weighted by molar-refractivity contribution is 5.71. The fourth-order valence-corrected chi connectivity index (χ4v) is 1.20. The average Bonchev–Trinajstić information content (AvgIpc) is 2.15. The van der Waals surface area contributed by atoms with Crippen molar-refractivity contribution in [3.63, 3.8) is 0 Å². The van der Waals surface area contributed by atoms with Crippen LogP contribution in [-0.4, -0.2) is 16.2 Å². The number of hydrogen-bond donors (Lipinski definition) is 1. The summed E-state index contributed by atoms with van der Waals surface area (Å²) in [5.74, 6) is 1.59. The Morgan fingerprint density at radius 2 is 2.07 bits per heavy atom. The maximum absolute atomic E-state index is 5.79. The summed E-state index contributed by atoms with van der Waals surface area (Å²) in [7, 11) is 0. The third kappa shape index (κ3) is 3.01. The van der Waals surface area contributed by atoms with Gasteiger partial charge in [0, 0.05) is 6.21 Å². The second-order valence-corrected chi connectivity index (χ2v) is 3.75. The van der Waals surface area contributed by atoms with Gasteiger partial charge in [0.15, 0.2) is 5.82 Å². The molecule has 0 saturated carbocycles. The number of rotatable bonds is 3. The first-order valence-electron chi connectivity index (χ1n) is 5.19. The van der Waals surface area contributed by atoms with Gasteiger partial charge in [0.1, 0.15) is 11.5 Å². The number of anilines is 1. The van der Waals surface area contributed by atoms with Crippen molar-refractivity contribution >= 4 is 17.7 Å². The van der Waals surface area contributed by atoms with Gasteiger partial charge in [0.25, 0.3) is 0 Å². The first kappa shape index (κ1) is 11.6. The Bertz CT molecular complexity index is 348. The monoisotopic (exact) mass is 206 g/mol. The first-order chi connectivity index (χ1) is 7.04. The zero-order valence-corrected chi connectivity index (χ0v) is 9.78. The molecule has 1 atom stereocenters. The highest BCUT2D eigenvalue weighted by atomic mass is 15.0. The van der Waals surface area contributed by atoms with Crippen molar-refractivity contribution in [3.05, 3.63) is 11.5 Å². The van der Waals surface area contributed by atoms with E-state index < -0.39 is 0 Å². The molecule has 2 N–H and O–H groups in total. The first-order valence-corrected chi connectivity index (χ1v) is 5.19. The normalized spacial score (nSPS) is 13.3. The zero-order valence-electron chi connectivity index (χ0n) is 9.78. The van der Waals surface area contributed by atoms with E-state index in [-0.39, 0.29) is 0 Å². The van der Waals surface area contributed by atoms with Gasteiger partial charge in [0.2, 0.25) is 0 Å². The Balaban J connectivity index is 3.00. The maximum Gasteiger partial charge on any atom is 0.153 e. The van der Waals surface area contributed by atoms with E-state index in [4.69, 9.17) is 5.73 Å². The molecule has 0 bridgehead atoms. The zero-order chi connectivity index (χ0) is 11.4. The van der Waals surface area contributed by atoms with Gasteiger partial charge in [0.05, 0.1) is 5.69 Å². The Morgan fingerprint density at radius 1 is 1.40 bits per heavy atom. The molecule has 1 heterocycles. The van der Waals surface area contributed by atoms with Gasteiger partial charge >= 0.3 is 0 Å². The van der Waals surface area contributed by atoms with Crippen molar-refractivity contribution in [2.75, 3.05) is 5.73 Å². The molecule has 1 unspecified atom stereocenters. The highest BCUT2D eigenvalue weighted by Crippen LogP contribution is 2.22. The van der Waals surface area contributed by atoms with Gasteiger partial charge in [-0.2, -0.15) is 0 Å². The number of nitrogens with zero attached hydrogens (tertiary/aromatic N) is 3. The molecular formula is C11H18N4. The van der Waals surface area contributed by atoms with Crippen LogP contribution in [0.1, 0.15) is 31.8 Å². The number of aryl methyl sites for hydroxylation is 2. The predicted molar refractivity (Wildman–Crippen MR) is 63.5 cm³/mol. The molecule has 1 rings (SSSR count). The summed E-state index contributed by atoms with van der Waals surface area (Å²) in [6.07, 6.45) is 2.96. The number of aromatic nitrogens is 2. The summed E-state index contributed by atoms with van der Waals surface area (Å²) in [6, 6.07) is 0. The largest absolute Gasteiger partial charge is 0.382 e. The van der Waals surface area contributed by atoms with E-state index in [0.29, 0.717) is 23.2 Å². The Morgan fingerprint density at radius 3 is 2.60 bits per heavy atom. The van der Waals surface area contributed by atoms with Gasteiger partial charge in [-0.1, -0.05) is 13.8 Å². The lowest BCUT2D eigenvalue weighted by Crippen LogP contribution is -2.00. The summed E-state index contributed by atoms with van der Waals surface area (Å²) in [4.78, 5) is 12.7. The van der Waals surface area contributed by atoms with E-state index in [1.165, 1.54) is 0 Å². The topological polar surface area (TPSA) is 64.2 Å². The van der Waals surface area contributed by atoms with Crippen LogP contribution in [0.5, 0.6) is 0 Å². The van der Waals surface area contributed by atoms with Crippen LogP contribution in [-0.2, 0) is 0 Å².